The third-order valence-corrected chi connectivity index (χ3v) is 4.02. The van der Waals surface area contributed by atoms with Crippen molar-refractivity contribution < 1.29 is 4.74 Å². The lowest BCUT2D eigenvalue weighted by Crippen LogP contribution is -2.46. The van der Waals surface area contributed by atoms with Gasteiger partial charge in [0.1, 0.15) is 5.82 Å². The van der Waals surface area contributed by atoms with Crippen molar-refractivity contribution in [3.63, 3.8) is 0 Å². The zero-order valence-electron chi connectivity index (χ0n) is 13.0. The van der Waals surface area contributed by atoms with Crippen LogP contribution in [0.2, 0.25) is 0 Å². The van der Waals surface area contributed by atoms with Crippen molar-refractivity contribution in [1.82, 2.24) is 14.9 Å². The van der Waals surface area contributed by atoms with E-state index >= 15 is 0 Å². The standard InChI is InChI=1S/C16H24N4O/c1-4-20-12(3)19-15-7-13(5-6-16(15)20)18-10-14-9-17-8-11(2)21-14/h5-7,11,14,17-18H,4,8-10H2,1-3H3/t11-,14+/m1/s1. The van der Waals surface area contributed by atoms with Crippen LogP contribution in [0.25, 0.3) is 11.0 Å². The summed E-state index contributed by atoms with van der Waals surface area (Å²) in [5.74, 6) is 1.07. The second-order valence-corrected chi connectivity index (χ2v) is 5.71. The third kappa shape index (κ3) is 3.04. The molecule has 2 aromatic rings. The van der Waals surface area contributed by atoms with Gasteiger partial charge in [0.15, 0.2) is 0 Å². The van der Waals surface area contributed by atoms with Gasteiger partial charge in [0, 0.05) is 31.9 Å². The summed E-state index contributed by atoms with van der Waals surface area (Å²) in [6.45, 7) is 9.92. The number of fused-ring (bicyclic) bond motifs is 1. The van der Waals surface area contributed by atoms with E-state index in [-0.39, 0.29) is 12.2 Å². The number of aromatic nitrogens is 2. The van der Waals surface area contributed by atoms with Crippen LogP contribution in [0.3, 0.4) is 0 Å². The van der Waals surface area contributed by atoms with Gasteiger partial charge >= 0.3 is 0 Å². The van der Waals surface area contributed by atoms with Crippen molar-refractivity contribution in [2.75, 3.05) is 25.0 Å². The maximum Gasteiger partial charge on any atom is 0.106 e. The van der Waals surface area contributed by atoms with Gasteiger partial charge in [0.05, 0.1) is 23.2 Å². The molecule has 1 aliphatic heterocycles. The van der Waals surface area contributed by atoms with Crippen LogP contribution in [0.15, 0.2) is 18.2 Å². The van der Waals surface area contributed by atoms with Gasteiger partial charge in [-0.2, -0.15) is 0 Å². The lowest BCUT2D eigenvalue weighted by molar-refractivity contribution is -0.0196. The maximum atomic E-state index is 5.89. The molecule has 1 saturated heterocycles. The van der Waals surface area contributed by atoms with E-state index in [0.717, 1.165) is 43.2 Å². The van der Waals surface area contributed by atoms with Crippen LogP contribution in [0.4, 0.5) is 5.69 Å². The third-order valence-electron chi connectivity index (χ3n) is 4.02. The Morgan fingerprint density at radius 2 is 2.29 bits per heavy atom. The number of nitrogens with zero attached hydrogens (tertiary/aromatic N) is 2. The summed E-state index contributed by atoms with van der Waals surface area (Å²) >= 11 is 0. The van der Waals surface area contributed by atoms with Gasteiger partial charge in [-0.1, -0.05) is 0 Å². The highest BCUT2D eigenvalue weighted by Crippen LogP contribution is 2.20. The molecule has 21 heavy (non-hydrogen) atoms. The Morgan fingerprint density at radius 1 is 1.43 bits per heavy atom. The quantitative estimate of drug-likeness (QED) is 0.905. The molecule has 2 heterocycles. The van der Waals surface area contributed by atoms with Gasteiger partial charge in [-0.05, 0) is 39.0 Å². The Morgan fingerprint density at radius 3 is 3.05 bits per heavy atom. The van der Waals surface area contributed by atoms with Gasteiger partial charge in [0.25, 0.3) is 0 Å². The molecule has 2 N–H and O–H groups in total. The van der Waals surface area contributed by atoms with Gasteiger partial charge in [-0.25, -0.2) is 4.98 Å². The number of hydrogen-bond donors (Lipinski definition) is 2. The van der Waals surface area contributed by atoms with Crippen molar-refractivity contribution in [2.45, 2.75) is 39.5 Å². The number of imidazole rings is 1. The zero-order chi connectivity index (χ0) is 14.8. The van der Waals surface area contributed by atoms with Crippen LogP contribution in [0.1, 0.15) is 19.7 Å². The molecular formula is C16H24N4O. The predicted octanol–water partition coefficient (Wildman–Crippen LogP) is 2.15. The predicted molar refractivity (Wildman–Crippen MR) is 85.8 cm³/mol. The van der Waals surface area contributed by atoms with E-state index in [4.69, 9.17) is 4.74 Å². The van der Waals surface area contributed by atoms with Crippen molar-refractivity contribution >= 4 is 16.7 Å². The number of ether oxygens (including phenoxy) is 1. The Kier molecular flexibility index (Phi) is 4.12. The Labute approximate surface area is 125 Å². The van der Waals surface area contributed by atoms with Crippen molar-refractivity contribution in [1.29, 1.82) is 0 Å². The minimum Gasteiger partial charge on any atom is -0.382 e. The van der Waals surface area contributed by atoms with Crippen molar-refractivity contribution in [3.8, 4) is 0 Å². The van der Waals surface area contributed by atoms with E-state index < -0.39 is 0 Å². The molecule has 5 heteroatoms. The number of benzene rings is 1. The highest BCUT2D eigenvalue weighted by molar-refractivity contribution is 5.80. The molecule has 0 aliphatic carbocycles. The molecule has 0 amide bonds. The fourth-order valence-corrected chi connectivity index (χ4v) is 2.98. The molecule has 3 rings (SSSR count). The molecule has 0 bridgehead atoms. The van der Waals surface area contributed by atoms with Crippen molar-refractivity contribution in [3.05, 3.63) is 24.0 Å². The summed E-state index contributed by atoms with van der Waals surface area (Å²) in [6, 6.07) is 6.38. The molecule has 114 valence electrons. The number of rotatable bonds is 4. The fourth-order valence-electron chi connectivity index (χ4n) is 2.98. The molecule has 0 radical (unpaired) electrons. The first kappa shape index (κ1) is 14.4. The molecule has 1 aromatic heterocycles. The van der Waals surface area contributed by atoms with E-state index in [1.807, 2.05) is 0 Å². The number of anilines is 1. The van der Waals surface area contributed by atoms with E-state index in [9.17, 15) is 0 Å². The first-order chi connectivity index (χ1) is 10.2. The van der Waals surface area contributed by atoms with Crippen LogP contribution in [-0.2, 0) is 11.3 Å². The minimum absolute atomic E-state index is 0.222. The fraction of sp³-hybridized carbons (Fsp3) is 0.562. The molecule has 0 spiro atoms. The molecule has 5 nitrogen and oxygen atoms in total. The van der Waals surface area contributed by atoms with Crippen LogP contribution < -0.4 is 10.6 Å². The summed E-state index contributed by atoms with van der Waals surface area (Å²) in [7, 11) is 0. The second kappa shape index (κ2) is 6.03. The monoisotopic (exact) mass is 288 g/mol. The molecule has 0 saturated carbocycles. The van der Waals surface area contributed by atoms with Crippen LogP contribution >= 0.6 is 0 Å². The zero-order valence-corrected chi connectivity index (χ0v) is 13.0. The Balaban J connectivity index is 1.70. The van der Waals surface area contributed by atoms with Crippen LogP contribution in [0.5, 0.6) is 0 Å². The lowest BCUT2D eigenvalue weighted by Gasteiger charge is -2.29. The van der Waals surface area contributed by atoms with Gasteiger partial charge in [-0.15, -0.1) is 0 Å². The van der Waals surface area contributed by atoms with Gasteiger partial charge in [0.2, 0.25) is 0 Å². The molecule has 2 atom stereocenters. The summed E-state index contributed by atoms with van der Waals surface area (Å²) in [4.78, 5) is 4.63. The number of morpholine rings is 1. The first-order valence-electron chi connectivity index (χ1n) is 7.74. The molecule has 1 aromatic carbocycles. The largest absolute Gasteiger partial charge is 0.382 e. The average molecular weight is 288 g/mol. The summed E-state index contributed by atoms with van der Waals surface area (Å²) in [6.07, 6.45) is 0.510. The first-order valence-corrected chi connectivity index (χ1v) is 7.74. The average Bonchev–Trinajstić information content (AvgIpc) is 2.79. The molecule has 1 fully saturated rings. The maximum absolute atomic E-state index is 5.89. The summed E-state index contributed by atoms with van der Waals surface area (Å²) < 4.78 is 8.12. The normalized spacial score (nSPS) is 22.6. The van der Waals surface area contributed by atoms with Gasteiger partial charge < -0.3 is 19.9 Å². The number of hydrogen-bond acceptors (Lipinski definition) is 4. The summed E-state index contributed by atoms with van der Waals surface area (Å²) in [5.41, 5.74) is 3.35. The number of aryl methyl sites for hydroxylation is 2. The topological polar surface area (TPSA) is 51.1 Å². The highest BCUT2D eigenvalue weighted by atomic mass is 16.5. The Hall–Kier alpha value is -1.59. The summed E-state index contributed by atoms with van der Waals surface area (Å²) in [5, 5.41) is 6.85. The van der Waals surface area contributed by atoms with E-state index in [1.54, 1.807) is 0 Å². The molecular weight excluding hydrogens is 264 g/mol. The van der Waals surface area contributed by atoms with Crippen LogP contribution in [0, 0.1) is 6.92 Å². The van der Waals surface area contributed by atoms with Crippen molar-refractivity contribution in [2.24, 2.45) is 0 Å². The SMILES string of the molecule is CCn1c(C)nc2cc(NC[C@@H]3CNC[C@@H](C)O3)ccc21. The van der Waals surface area contributed by atoms with E-state index in [2.05, 4.69) is 59.2 Å². The lowest BCUT2D eigenvalue weighted by atomic mass is 10.2. The highest BCUT2D eigenvalue weighted by Gasteiger charge is 2.18. The van der Waals surface area contributed by atoms with Gasteiger partial charge in [-0.3, -0.25) is 0 Å². The Bertz CT molecular complexity index is 622. The molecule has 0 unspecified atom stereocenters. The van der Waals surface area contributed by atoms with E-state index in [0.29, 0.717) is 0 Å². The molecule has 1 aliphatic rings. The second-order valence-electron chi connectivity index (χ2n) is 5.71. The van der Waals surface area contributed by atoms with E-state index in [1.165, 1.54) is 5.52 Å². The van der Waals surface area contributed by atoms with Crippen LogP contribution in [-0.4, -0.2) is 41.4 Å². The number of nitrogens with one attached hydrogen (secondary N) is 2. The smallest absolute Gasteiger partial charge is 0.106 e. The minimum atomic E-state index is 0.222.